The molecule has 0 radical (unpaired) electrons. The molecular formula is C15H14ClFN2O2S. The van der Waals surface area contributed by atoms with Crippen molar-refractivity contribution in [2.75, 3.05) is 13.1 Å². The Kier molecular flexibility index (Phi) is 5.91. The van der Waals surface area contributed by atoms with E-state index in [9.17, 15) is 14.0 Å². The highest BCUT2D eigenvalue weighted by Crippen LogP contribution is 2.16. The lowest BCUT2D eigenvalue weighted by atomic mass is 10.2. The first-order valence-corrected chi connectivity index (χ1v) is 7.88. The maximum absolute atomic E-state index is 12.9. The summed E-state index contributed by atoms with van der Waals surface area (Å²) in [6.07, 6.45) is 0.585. The molecule has 0 bridgehead atoms. The predicted octanol–water partition coefficient (Wildman–Crippen LogP) is 3.09. The first kappa shape index (κ1) is 16.5. The summed E-state index contributed by atoms with van der Waals surface area (Å²) in [5.74, 6) is -0.977. The van der Waals surface area contributed by atoms with Crippen molar-refractivity contribution in [2.24, 2.45) is 0 Å². The van der Waals surface area contributed by atoms with Gasteiger partial charge in [-0.3, -0.25) is 9.59 Å². The summed E-state index contributed by atoms with van der Waals surface area (Å²) >= 11 is 7.18. The molecule has 1 aromatic heterocycles. The number of thiophene rings is 1. The monoisotopic (exact) mass is 340 g/mol. The average molecular weight is 341 g/mol. The molecule has 0 aliphatic rings. The maximum atomic E-state index is 12.9. The number of hydrogen-bond donors (Lipinski definition) is 2. The summed E-state index contributed by atoms with van der Waals surface area (Å²) < 4.78 is 12.9. The third kappa shape index (κ3) is 4.54. The summed E-state index contributed by atoms with van der Waals surface area (Å²) in [5.41, 5.74) is 0.227. The van der Waals surface area contributed by atoms with Gasteiger partial charge in [0.15, 0.2) is 0 Å². The Morgan fingerprint density at radius 1 is 1.14 bits per heavy atom. The van der Waals surface area contributed by atoms with Gasteiger partial charge in [0.05, 0.1) is 15.5 Å². The Hall–Kier alpha value is -1.92. The topological polar surface area (TPSA) is 58.2 Å². The van der Waals surface area contributed by atoms with Crippen LogP contribution in [0.4, 0.5) is 4.39 Å². The van der Waals surface area contributed by atoms with Gasteiger partial charge in [0.1, 0.15) is 5.82 Å². The SMILES string of the molecule is O=C(NCCCNC(=O)c1ccc(F)cc1Cl)c1cccs1. The number of benzene rings is 1. The Morgan fingerprint density at radius 2 is 1.86 bits per heavy atom. The first-order chi connectivity index (χ1) is 10.6. The maximum Gasteiger partial charge on any atom is 0.261 e. The van der Waals surface area contributed by atoms with Crippen molar-refractivity contribution < 1.29 is 14.0 Å². The van der Waals surface area contributed by atoms with E-state index in [4.69, 9.17) is 11.6 Å². The molecule has 0 aliphatic carbocycles. The van der Waals surface area contributed by atoms with Crippen LogP contribution in [-0.2, 0) is 0 Å². The minimum Gasteiger partial charge on any atom is -0.352 e. The minimum absolute atomic E-state index is 0.0727. The fourth-order valence-electron chi connectivity index (χ4n) is 1.76. The molecule has 2 rings (SSSR count). The number of halogens is 2. The number of rotatable bonds is 6. The van der Waals surface area contributed by atoms with E-state index in [1.807, 2.05) is 11.4 Å². The van der Waals surface area contributed by atoms with E-state index in [0.29, 0.717) is 24.4 Å². The summed E-state index contributed by atoms with van der Waals surface area (Å²) in [5, 5.41) is 7.34. The number of carbonyl (C=O) groups is 2. The predicted molar refractivity (Wildman–Crippen MR) is 85.0 cm³/mol. The number of carbonyl (C=O) groups excluding carboxylic acids is 2. The van der Waals surface area contributed by atoms with E-state index in [1.165, 1.54) is 23.5 Å². The third-order valence-electron chi connectivity index (χ3n) is 2.85. The molecule has 0 saturated heterocycles. The standard InChI is InChI=1S/C15H14ClFN2O2S/c16-12-9-10(17)4-5-11(12)14(20)18-6-2-7-19-15(21)13-3-1-8-22-13/h1,3-5,8-9H,2,6-7H2,(H,18,20)(H,19,21). The van der Waals surface area contributed by atoms with Crippen molar-refractivity contribution in [1.82, 2.24) is 10.6 Å². The van der Waals surface area contributed by atoms with Gasteiger partial charge in [-0.1, -0.05) is 17.7 Å². The van der Waals surface area contributed by atoms with E-state index >= 15 is 0 Å². The molecule has 0 atom stereocenters. The molecular weight excluding hydrogens is 327 g/mol. The van der Waals surface area contributed by atoms with Gasteiger partial charge in [-0.2, -0.15) is 0 Å². The van der Waals surface area contributed by atoms with Crippen molar-refractivity contribution in [1.29, 1.82) is 0 Å². The molecule has 116 valence electrons. The Balaban J connectivity index is 1.70. The van der Waals surface area contributed by atoms with Gasteiger partial charge in [0, 0.05) is 13.1 Å². The highest BCUT2D eigenvalue weighted by Gasteiger charge is 2.10. The first-order valence-electron chi connectivity index (χ1n) is 6.63. The zero-order valence-corrected chi connectivity index (χ0v) is 13.1. The van der Waals surface area contributed by atoms with Gasteiger partial charge in [-0.25, -0.2) is 4.39 Å². The fourth-order valence-corrected chi connectivity index (χ4v) is 2.65. The lowest BCUT2D eigenvalue weighted by Gasteiger charge is -2.07. The quantitative estimate of drug-likeness (QED) is 0.794. The zero-order chi connectivity index (χ0) is 15.9. The van der Waals surface area contributed by atoms with E-state index in [-0.39, 0.29) is 22.4 Å². The summed E-state index contributed by atoms with van der Waals surface area (Å²) in [6, 6.07) is 7.18. The summed E-state index contributed by atoms with van der Waals surface area (Å²) in [7, 11) is 0. The summed E-state index contributed by atoms with van der Waals surface area (Å²) in [6.45, 7) is 0.839. The van der Waals surface area contributed by atoms with E-state index < -0.39 is 5.82 Å². The minimum atomic E-state index is -0.488. The second-order valence-electron chi connectivity index (χ2n) is 4.47. The smallest absolute Gasteiger partial charge is 0.261 e. The molecule has 1 aromatic carbocycles. The van der Waals surface area contributed by atoms with Crippen molar-refractivity contribution >= 4 is 34.8 Å². The van der Waals surface area contributed by atoms with Crippen LogP contribution in [0.25, 0.3) is 0 Å². The number of nitrogens with one attached hydrogen (secondary N) is 2. The van der Waals surface area contributed by atoms with Gasteiger partial charge in [-0.15, -0.1) is 11.3 Å². The average Bonchev–Trinajstić information content (AvgIpc) is 3.00. The van der Waals surface area contributed by atoms with Crippen LogP contribution in [-0.4, -0.2) is 24.9 Å². The van der Waals surface area contributed by atoms with Crippen LogP contribution < -0.4 is 10.6 Å². The molecule has 7 heteroatoms. The fraction of sp³-hybridized carbons (Fsp3) is 0.200. The van der Waals surface area contributed by atoms with Crippen molar-refractivity contribution in [3.8, 4) is 0 Å². The molecule has 0 spiro atoms. The lowest BCUT2D eigenvalue weighted by molar-refractivity contribution is 0.0953. The normalized spacial score (nSPS) is 10.3. The van der Waals surface area contributed by atoms with Crippen molar-refractivity contribution in [3.63, 3.8) is 0 Å². The van der Waals surface area contributed by atoms with Gasteiger partial charge < -0.3 is 10.6 Å². The molecule has 0 unspecified atom stereocenters. The van der Waals surface area contributed by atoms with Gasteiger partial charge in [0.2, 0.25) is 0 Å². The van der Waals surface area contributed by atoms with Gasteiger partial charge >= 0.3 is 0 Å². The molecule has 2 aromatic rings. The van der Waals surface area contributed by atoms with Gasteiger partial charge in [0.25, 0.3) is 11.8 Å². The van der Waals surface area contributed by atoms with Gasteiger partial charge in [-0.05, 0) is 36.1 Å². The second kappa shape index (κ2) is 7.91. The molecule has 0 saturated carbocycles. The van der Waals surface area contributed by atoms with Crippen LogP contribution in [0.3, 0.4) is 0 Å². The largest absolute Gasteiger partial charge is 0.352 e. The Bertz CT molecular complexity index is 662. The molecule has 0 fully saturated rings. The Morgan fingerprint density at radius 3 is 2.50 bits per heavy atom. The molecule has 0 aliphatic heterocycles. The van der Waals surface area contributed by atoms with Crippen molar-refractivity contribution in [3.05, 3.63) is 57.0 Å². The highest BCUT2D eigenvalue weighted by molar-refractivity contribution is 7.12. The molecule has 2 amide bonds. The van der Waals surface area contributed by atoms with Crippen LogP contribution in [0, 0.1) is 5.82 Å². The Labute approximate surface area is 136 Å². The summed E-state index contributed by atoms with van der Waals surface area (Å²) in [4.78, 5) is 24.2. The van der Waals surface area contributed by atoms with Crippen LogP contribution in [0.2, 0.25) is 5.02 Å². The van der Waals surface area contributed by atoms with E-state index in [1.54, 1.807) is 6.07 Å². The molecule has 22 heavy (non-hydrogen) atoms. The number of hydrogen-bond acceptors (Lipinski definition) is 3. The van der Waals surface area contributed by atoms with Crippen molar-refractivity contribution in [2.45, 2.75) is 6.42 Å². The van der Waals surface area contributed by atoms with E-state index in [0.717, 1.165) is 6.07 Å². The molecule has 2 N–H and O–H groups in total. The highest BCUT2D eigenvalue weighted by atomic mass is 35.5. The number of amides is 2. The van der Waals surface area contributed by atoms with Crippen LogP contribution in [0.5, 0.6) is 0 Å². The third-order valence-corrected chi connectivity index (χ3v) is 4.03. The second-order valence-corrected chi connectivity index (χ2v) is 5.82. The molecule has 1 heterocycles. The zero-order valence-electron chi connectivity index (χ0n) is 11.6. The molecule has 4 nitrogen and oxygen atoms in total. The lowest BCUT2D eigenvalue weighted by Crippen LogP contribution is -2.29. The van der Waals surface area contributed by atoms with Crippen LogP contribution in [0.15, 0.2) is 35.7 Å². The van der Waals surface area contributed by atoms with E-state index in [2.05, 4.69) is 10.6 Å². The van der Waals surface area contributed by atoms with Crippen LogP contribution >= 0.6 is 22.9 Å². The van der Waals surface area contributed by atoms with Crippen LogP contribution in [0.1, 0.15) is 26.5 Å².